The molecule has 0 saturated heterocycles. The van der Waals surface area contributed by atoms with E-state index >= 15 is 0 Å². The van der Waals surface area contributed by atoms with Gasteiger partial charge >= 0.3 is 0 Å². The number of aromatic hydroxyl groups is 1. The van der Waals surface area contributed by atoms with Gasteiger partial charge in [0.15, 0.2) is 5.88 Å². The molecule has 0 fully saturated rings. The minimum Gasteiger partial charge on any atom is -0.494 e. The van der Waals surface area contributed by atoms with E-state index in [4.69, 9.17) is 11.6 Å². The zero-order chi connectivity index (χ0) is 12.4. The number of aromatic amines is 1. The molecule has 2 rings (SSSR count). The average molecular weight is 251 g/mol. The highest BCUT2D eigenvalue weighted by molar-refractivity contribution is 6.31. The van der Waals surface area contributed by atoms with Crippen molar-refractivity contribution in [2.75, 3.05) is 0 Å². The van der Waals surface area contributed by atoms with E-state index in [-0.39, 0.29) is 11.9 Å². The van der Waals surface area contributed by atoms with Crippen LogP contribution in [0, 0.1) is 0 Å². The van der Waals surface area contributed by atoms with Crippen LogP contribution in [0.1, 0.15) is 25.8 Å². The summed E-state index contributed by atoms with van der Waals surface area (Å²) in [4.78, 5) is 7.28. The van der Waals surface area contributed by atoms with Crippen molar-refractivity contribution >= 4 is 28.7 Å². The van der Waals surface area contributed by atoms with Gasteiger partial charge in [-0.1, -0.05) is 18.5 Å². The lowest BCUT2D eigenvalue weighted by molar-refractivity contribution is 0.457. The van der Waals surface area contributed by atoms with Crippen molar-refractivity contribution in [3.8, 4) is 5.88 Å². The molecule has 0 amide bonds. The Bertz CT molecular complexity index is 560. The van der Waals surface area contributed by atoms with E-state index in [1.54, 1.807) is 12.3 Å². The molecule has 0 saturated carbocycles. The maximum absolute atomic E-state index is 9.82. The van der Waals surface area contributed by atoms with E-state index in [1.165, 1.54) is 0 Å². The summed E-state index contributed by atoms with van der Waals surface area (Å²) in [5, 5.41) is 11.4. The van der Waals surface area contributed by atoms with Gasteiger partial charge in [-0.05, 0) is 31.5 Å². The minimum absolute atomic E-state index is 0.134. The minimum atomic E-state index is 0.134. The number of fused-ring (bicyclic) bond motifs is 1. The molecule has 0 aliphatic carbocycles. The first-order valence-corrected chi connectivity index (χ1v) is 6.03. The van der Waals surface area contributed by atoms with Crippen molar-refractivity contribution in [2.45, 2.75) is 26.3 Å². The summed E-state index contributed by atoms with van der Waals surface area (Å²) in [6, 6.07) is 5.71. The third-order valence-corrected chi connectivity index (χ3v) is 3.06. The Morgan fingerprint density at radius 1 is 1.53 bits per heavy atom. The highest BCUT2D eigenvalue weighted by Crippen LogP contribution is 2.28. The molecule has 1 atom stereocenters. The maximum Gasteiger partial charge on any atom is 0.198 e. The molecule has 1 aromatic carbocycles. The first-order valence-electron chi connectivity index (χ1n) is 5.65. The van der Waals surface area contributed by atoms with Crippen LogP contribution < -0.4 is 0 Å². The summed E-state index contributed by atoms with van der Waals surface area (Å²) in [6.45, 7) is 4.11. The number of aliphatic imine (C=N–C) groups is 1. The quantitative estimate of drug-likeness (QED) is 0.801. The molecule has 1 heterocycles. The second kappa shape index (κ2) is 4.80. The summed E-state index contributed by atoms with van der Waals surface area (Å²) in [6.07, 6.45) is 2.68. The van der Waals surface area contributed by atoms with Gasteiger partial charge in [0.2, 0.25) is 0 Å². The smallest absolute Gasteiger partial charge is 0.198 e. The van der Waals surface area contributed by atoms with Gasteiger partial charge in [0.05, 0.1) is 5.56 Å². The number of hydrogen-bond acceptors (Lipinski definition) is 2. The van der Waals surface area contributed by atoms with Gasteiger partial charge in [0.1, 0.15) is 0 Å². The second-order valence-electron chi connectivity index (χ2n) is 4.11. The molecule has 4 heteroatoms. The Morgan fingerprint density at radius 2 is 2.29 bits per heavy atom. The molecule has 2 aromatic rings. The fourth-order valence-corrected chi connectivity index (χ4v) is 1.78. The van der Waals surface area contributed by atoms with Crippen molar-refractivity contribution < 1.29 is 5.11 Å². The molecule has 0 aliphatic heterocycles. The molecule has 3 nitrogen and oxygen atoms in total. The van der Waals surface area contributed by atoms with Crippen molar-refractivity contribution in [3.63, 3.8) is 0 Å². The molecule has 0 radical (unpaired) electrons. The van der Waals surface area contributed by atoms with Crippen LogP contribution in [0.15, 0.2) is 23.2 Å². The molecular weight excluding hydrogens is 236 g/mol. The van der Waals surface area contributed by atoms with Crippen LogP contribution in [0.4, 0.5) is 0 Å². The van der Waals surface area contributed by atoms with Gasteiger partial charge in [-0.15, -0.1) is 0 Å². The van der Waals surface area contributed by atoms with Crippen molar-refractivity contribution in [2.24, 2.45) is 4.99 Å². The number of nitrogens with one attached hydrogen (secondary N) is 1. The van der Waals surface area contributed by atoms with E-state index in [0.717, 1.165) is 17.3 Å². The number of halogens is 1. The number of benzene rings is 1. The van der Waals surface area contributed by atoms with Crippen LogP contribution in [0.5, 0.6) is 5.88 Å². The van der Waals surface area contributed by atoms with Gasteiger partial charge in [0, 0.05) is 28.2 Å². The second-order valence-corrected chi connectivity index (χ2v) is 4.55. The number of hydrogen-bond donors (Lipinski definition) is 2. The highest BCUT2D eigenvalue weighted by Gasteiger charge is 2.09. The molecule has 2 N–H and O–H groups in total. The van der Waals surface area contributed by atoms with Crippen LogP contribution in [-0.2, 0) is 0 Å². The first-order chi connectivity index (χ1) is 8.11. The predicted molar refractivity (Wildman–Crippen MR) is 72.3 cm³/mol. The van der Waals surface area contributed by atoms with E-state index in [0.29, 0.717) is 10.6 Å². The van der Waals surface area contributed by atoms with Crippen LogP contribution in [0.3, 0.4) is 0 Å². The third kappa shape index (κ3) is 2.44. The van der Waals surface area contributed by atoms with E-state index in [2.05, 4.69) is 16.9 Å². The number of aromatic nitrogens is 1. The topological polar surface area (TPSA) is 48.4 Å². The fourth-order valence-electron chi connectivity index (χ4n) is 1.61. The summed E-state index contributed by atoms with van der Waals surface area (Å²) in [7, 11) is 0. The van der Waals surface area contributed by atoms with Crippen molar-refractivity contribution in [1.29, 1.82) is 0 Å². The van der Waals surface area contributed by atoms with Gasteiger partial charge in [0.25, 0.3) is 0 Å². The molecule has 0 aliphatic rings. The highest BCUT2D eigenvalue weighted by atomic mass is 35.5. The van der Waals surface area contributed by atoms with Crippen LogP contribution >= 0.6 is 11.6 Å². The van der Waals surface area contributed by atoms with Gasteiger partial charge < -0.3 is 10.1 Å². The Labute approximate surface area is 105 Å². The standard InChI is InChI=1S/C13H15ClN2O/c1-3-8(2)15-7-11-10-6-9(14)4-5-12(10)16-13(11)17/h4-8,16-17H,3H2,1-2H3. The Kier molecular flexibility index (Phi) is 3.38. The summed E-state index contributed by atoms with van der Waals surface area (Å²) < 4.78 is 0. The molecule has 1 aromatic heterocycles. The van der Waals surface area contributed by atoms with Crippen LogP contribution in [-0.4, -0.2) is 22.3 Å². The maximum atomic E-state index is 9.82. The Balaban J connectivity index is 2.48. The molecular formula is C13H15ClN2O. The molecule has 1 unspecified atom stereocenters. The number of nitrogens with zero attached hydrogens (tertiary/aromatic N) is 1. The van der Waals surface area contributed by atoms with Crippen molar-refractivity contribution in [3.05, 3.63) is 28.8 Å². The Morgan fingerprint density at radius 3 is 3.00 bits per heavy atom. The Hall–Kier alpha value is -1.48. The van der Waals surface area contributed by atoms with Gasteiger partial charge in [-0.2, -0.15) is 0 Å². The predicted octanol–water partition coefficient (Wildman–Crippen LogP) is 3.74. The monoisotopic (exact) mass is 250 g/mol. The zero-order valence-electron chi connectivity index (χ0n) is 9.87. The first kappa shape index (κ1) is 12.0. The van der Waals surface area contributed by atoms with Gasteiger partial charge in [-0.3, -0.25) is 4.99 Å². The summed E-state index contributed by atoms with van der Waals surface area (Å²) >= 11 is 5.95. The third-order valence-electron chi connectivity index (χ3n) is 2.83. The van der Waals surface area contributed by atoms with Gasteiger partial charge in [-0.25, -0.2) is 0 Å². The lowest BCUT2D eigenvalue weighted by atomic mass is 10.2. The summed E-state index contributed by atoms with van der Waals surface area (Å²) in [5.41, 5.74) is 1.56. The number of H-pyrrole nitrogens is 1. The lowest BCUT2D eigenvalue weighted by Crippen LogP contribution is -1.95. The fraction of sp³-hybridized carbons (Fsp3) is 0.308. The lowest BCUT2D eigenvalue weighted by Gasteiger charge is -1.99. The van der Waals surface area contributed by atoms with E-state index < -0.39 is 0 Å². The molecule has 90 valence electrons. The normalized spacial score (nSPS) is 13.6. The molecule has 17 heavy (non-hydrogen) atoms. The van der Waals surface area contributed by atoms with Crippen molar-refractivity contribution in [1.82, 2.24) is 4.98 Å². The van der Waals surface area contributed by atoms with Crippen LogP contribution in [0.2, 0.25) is 5.02 Å². The zero-order valence-corrected chi connectivity index (χ0v) is 10.6. The average Bonchev–Trinajstić information content (AvgIpc) is 2.61. The SMILES string of the molecule is CCC(C)N=Cc1c(O)[nH]c2ccc(Cl)cc12. The molecule has 0 spiro atoms. The van der Waals surface area contributed by atoms with E-state index in [9.17, 15) is 5.11 Å². The van der Waals surface area contributed by atoms with E-state index in [1.807, 2.05) is 19.1 Å². The number of rotatable bonds is 3. The largest absolute Gasteiger partial charge is 0.494 e. The van der Waals surface area contributed by atoms with Crippen LogP contribution in [0.25, 0.3) is 10.9 Å². The molecule has 0 bridgehead atoms. The summed E-state index contributed by atoms with van der Waals surface area (Å²) in [5.74, 6) is 0.134.